The number of H-pyrrole nitrogens is 1. The number of nitrogens with zero attached hydrogens (tertiary/aromatic N) is 3. The van der Waals surface area contributed by atoms with Gasteiger partial charge in [-0.05, 0) is 69.7 Å². The number of rotatable bonds is 6. The van der Waals surface area contributed by atoms with Crippen LogP contribution in [-0.2, 0) is 9.84 Å². The molecular weight excluding hydrogens is 628 g/mol. The molecule has 0 spiro atoms. The van der Waals surface area contributed by atoms with Crippen LogP contribution in [0.2, 0.25) is 0 Å². The summed E-state index contributed by atoms with van der Waals surface area (Å²) < 4.78 is 41.0. The Morgan fingerprint density at radius 3 is 2.70 bits per heavy atom. The van der Waals surface area contributed by atoms with Crippen LogP contribution in [0.1, 0.15) is 49.9 Å². The normalized spacial score (nSPS) is 24.0. The lowest BCUT2D eigenvalue weighted by atomic mass is 9.76. The largest absolute Gasteiger partial charge is 0.489 e. The van der Waals surface area contributed by atoms with Crippen LogP contribution >= 0.6 is 0 Å². The number of amides is 1. The van der Waals surface area contributed by atoms with Crippen molar-refractivity contribution in [1.29, 1.82) is 0 Å². The van der Waals surface area contributed by atoms with Gasteiger partial charge in [0.1, 0.15) is 24.0 Å². The molecule has 1 saturated carbocycles. The molecule has 4 heterocycles. The van der Waals surface area contributed by atoms with Crippen molar-refractivity contribution in [2.45, 2.75) is 67.1 Å². The van der Waals surface area contributed by atoms with Gasteiger partial charge in [-0.2, -0.15) is 4.98 Å². The summed E-state index contributed by atoms with van der Waals surface area (Å²) in [6.45, 7) is 3.92. The molecule has 2 aliphatic heterocycles. The lowest BCUT2D eigenvalue weighted by Gasteiger charge is -2.39. The highest BCUT2D eigenvalue weighted by molar-refractivity contribution is 7.91. The summed E-state index contributed by atoms with van der Waals surface area (Å²) in [6.07, 6.45) is 3.91. The minimum absolute atomic E-state index is 0.0146. The number of sulfone groups is 1. The molecule has 1 fully saturated rings. The van der Waals surface area contributed by atoms with Gasteiger partial charge in [-0.25, -0.2) is 8.42 Å². The van der Waals surface area contributed by atoms with E-state index in [0.29, 0.717) is 24.2 Å². The van der Waals surface area contributed by atoms with Crippen molar-refractivity contribution >= 4 is 49.5 Å². The second kappa shape index (κ2) is 11.1. The number of fused-ring (bicyclic) bond motifs is 3. The maximum absolute atomic E-state index is 14.5. The number of hydrogen-bond acceptors (Lipinski definition) is 11. The van der Waals surface area contributed by atoms with Crippen molar-refractivity contribution in [2.75, 3.05) is 23.4 Å². The average Bonchev–Trinajstić information content (AvgIpc) is 3.49. The third kappa shape index (κ3) is 5.38. The number of primary amides is 1. The van der Waals surface area contributed by atoms with Crippen molar-refractivity contribution in [1.82, 2.24) is 9.97 Å². The zero-order chi connectivity index (χ0) is 33.2. The van der Waals surface area contributed by atoms with Gasteiger partial charge in [-0.1, -0.05) is 6.07 Å². The first kappa shape index (κ1) is 30.7. The van der Waals surface area contributed by atoms with Gasteiger partial charge in [-0.3, -0.25) is 14.9 Å². The fraction of sp³-hybridized carbons (Fsp3) is 0.375. The molecule has 0 unspecified atom stereocenters. The van der Waals surface area contributed by atoms with E-state index in [-0.39, 0.29) is 63.5 Å². The molecule has 0 saturated heterocycles. The van der Waals surface area contributed by atoms with Gasteiger partial charge in [0.15, 0.2) is 11.4 Å². The zero-order valence-corrected chi connectivity index (χ0v) is 26.5. The standard InChI is InChI=1S/C32H34N6O8S/c1-17-15-37(24-12-19-8-11-34-30(19)36-31(24)46-17)28-21(29(33)39)4-3-5-26(28)47(43,44)20-13-23(38(41)42)27-25(14-20)45-16-22(35-27)18-6-9-32(2,40)10-7-18/h3-5,8,11-14,17-18,22,35,40H,6-7,9-10,15-16H2,1-2H3,(H2,33,39)(H,34,36)/t17-,18?,22+,32?/m1/s1. The van der Waals surface area contributed by atoms with Crippen LogP contribution in [0, 0.1) is 16.0 Å². The Morgan fingerprint density at radius 2 is 1.98 bits per heavy atom. The summed E-state index contributed by atoms with van der Waals surface area (Å²) in [5.41, 5.74) is 5.67. The minimum atomic E-state index is -4.52. The van der Waals surface area contributed by atoms with E-state index in [1.54, 1.807) is 37.1 Å². The van der Waals surface area contributed by atoms with E-state index in [4.69, 9.17) is 15.2 Å². The molecule has 47 heavy (non-hydrogen) atoms. The van der Waals surface area contributed by atoms with Crippen LogP contribution in [0.15, 0.2) is 58.5 Å². The molecule has 0 radical (unpaired) electrons. The maximum atomic E-state index is 14.5. The zero-order valence-electron chi connectivity index (χ0n) is 25.7. The Morgan fingerprint density at radius 1 is 1.21 bits per heavy atom. The Hall–Kier alpha value is -4.89. The van der Waals surface area contributed by atoms with E-state index >= 15 is 0 Å². The van der Waals surface area contributed by atoms with Crippen molar-refractivity contribution in [3.05, 3.63) is 64.3 Å². The van der Waals surface area contributed by atoms with Crippen LogP contribution in [0.25, 0.3) is 11.0 Å². The number of aromatic amines is 1. The third-order valence-electron chi connectivity index (χ3n) is 9.33. The number of hydrogen-bond donors (Lipinski definition) is 4. The first-order valence-electron chi connectivity index (χ1n) is 15.4. The summed E-state index contributed by atoms with van der Waals surface area (Å²) >= 11 is 0. The summed E-state index contributed by atoms with van der Waals surface area (Å²) in [4.78, 5) is 33.1. The molecule has 14 nitrogen and oxygen atoms in total. The summed E-state index contributed by atoms with van der Waals surface area (Å²) in [6, 6.07) is 9.81. The molecule has 0 bridgehead atoms. The van der Waals surface area contributed by atoms with Gasteiger partial charge in [0.25, 0.3) is 11.6 Å². The summed E-state index contributed by atoms with van der Waals surface area (Å²) in [5, 5.41) is 26.7. The number of benzene rings is 2. The smallest absolute Gasteiger partial charge is 0.297 e. The lowest BCUT2D eigenvalue weighted by molar-refractivity contribution is -0.384. The second-order valence-corrected chi connectivity index (χ2v) is 14.7. The van der Waals surface area contributed by atoms with Crippen molar-refractivity contribution in [2.24, 2.45) is 11.7 Å². The number of anilines is 3. The van der Waals surface area contributed by atoms with E-state index in [2.05, 4.69) is 15.3 Å². The SMILES string of the molecule is C[C@@H]1CN(c2c(C(N)=O)cccc2S(=O)(=O)c2cc3c(c([N+](=O)[O-])c2)N[C@H](C2CCC(C)(O)CC2)CO3)c2cc3cc[nH]c3nc2O1. The van der Waals surface area contributed by atoms with Crippen LogP contribution in [0.4, 0.5) is 22.7 Å². The number of aliphatic hydroxyl groups is 1. The molecule has 7 rings (SSSR count). The Balaban J connectivity index is 1.33. The molecule has 1 aliphatic carbocycles. The van der Waals surface area contributed by atoms with E-state index in [9.17, 15) is 28.4 Å². The van der Waals surface area contributed by atoms with Crippen molar-refractivity contribution in [3.63, 3.8) is 0 Å². The van der Waals surface area contributed by atoms with Gasteiger partial charge in [0.05, 0.1) is 44.2 Å². The molecule has 2 aromatic heterocycles. The quantitative estimate of drug-likeness (QED) is 0.168. The van der Waals surface area contributed by atoms with Crippen LogP contribution < -0.4 is 25.4 Å². The highest BCUT2D eigenvalue weighted by Gasteiger charge is 2.39. The third-order valence-corrected chi connectivity index (χ3v) is 11.1. The number of carbonyl (C=O) groups excluding carboxylic acids is 1. The molecule has 3 aliphatic rings. The number of nitrogens with two attached hydrogens (primary N) is 1. The molecule has 2 aromatic carbocycles. The predicted octanol–water partition coefficient (Wildman–Crippen LogP) is 4.44. The first-order chi connectivity index (χ1) is 22.3. The van der Waals surface area contributed by atoms with E-state index in [0.717, 1.165) is 24.3 Å². The van der Waals surface area contributed by atoms with Gasteiger partial charge in [0, 0.05) is 23.7 Å². The number of carbonyl (C=O) groups is 1. The van der Waals surface area contributed by atoms with Gasteiger partial charge in [0.2, 0.25) is 15.7 Å². The Labute approximate surface area is 269 Å². The molecule has 15 heteroatoms. The maximum Gasteiger partial charge on any atom is 0.297 e. The lowest BCUT2D eigenvalue weighted by Crippen LogP contribution is -2.42. The number of pyridine rings is 1. The number of para-hydroxylation sites is 1. The first-order valence-corrected chi connectivity index (χ1v) is 16.8. The number of nitro benzene ring substituents is 1. The van der Waals surface area contributed by atoms with Crippen LogP contribution in [0.3, 0.4) is 0 Å². The minimum Gasteiger partial charge on any atom is -0.489 e. The van der Waals surface area contributed by atoms with Gasteiger partial charge >= 0.3 is 0 Å². The molecule has 5 N–H and O–H groups in total. The Bertz CT molecular complexity index is 2030. The second-order valence-electron chi connectivity index (χ2n) is 12.8. The predicted molar refractivity (Wildman–Crippen MR) is 172 cm³/mol. The Kier molecular flexibility index (Phi) is 7.28. The van der Waals surface area contributed by atoms with Crippen molar-refractivity contribution < 1.29 is 32.7 Å². The van der Waals surface area contributed by atoms with Gasteiger partial charge < -0.3 is 35.5 Å². The fourth-order valence-electron chi connectivity index (χ4n) is 6.83. The number of aromatic nitrogens is 2. The number of nitrogens with one attached hydrogen (secondary N) is 2. The number of ether oxygens (including phenoxy) is 2. The molecule has 1 amide bonds. The highest BCUT2D eigenvalue weighted by Crippen LogP contribution is 2.47. The van der Waals surface area contributed by atoms with E-state index < -0.39 is 38.1 Å². The molecule has 2 atom stereocenters. The van der Waals surface area contributed by atoms with Crippen LogP contribution in [-0.4, -0.2) is 65.2 Å². The summed E-state index contributed by atoms with van der Waals surface area (Å²) in [7, 11) is -4.52. The number of nitro groups is 1. The van der Waals surface area contributed by atoms with Crippen LogP contribution in [0.5, 0.6) is 11.6 Å². The molecule has 246 valence electrons. The van der Waals surface area contributed by atoms with E-state index in [1.165, 1.54) is 24.3 Å². The monoisotopic (exact) mass is 662 g/mol. The summed E-state index contributed by atoms with van der Waals surface area (Å²) in [5.74, 6) is -0.464. The van der Waals surface area contributed by atoms with Gasteiger partial charge in [-0.15, -0.1) is 0 Å². The average molecular weight is 663 g/mol. The topological polar surface area (TPSA) is 203 Å². The highest BCUT2D eigenvalue weighted by atomic mass is 32.2. The fourth-order valence-corrected chi connectivity index (χ4v) is 8.35. The van der Waals surface area contributed by atoms with E-state index in [1.807, 2.05) is 0 Å². The molecular formula is C32H34N6O8S. The van der Waals surface area contributed by atoms with Crippen molar-refractivity contribution in [3.8, 4) is 11.6 Å². The molecule has 4 aromatic rings.